The summed E-state index contributed by atoms with van der Waals surface area (Å²) in [5.74, 6) is 1.35. The van der Waals surface area contributed by atoms with Crippen molar-refractivity contribution in [2.45, 2.75) is 0 Å². The Morgan fingerprint density at radius 1 is 0.600 bits per heavy atom. The number of hydrogen-bond acceptors (Lipinski definition) is 5. The minimum atomic E-state index is -0.843. The van der Waals surface area contributed by atoms with Crippen LogP contribution in [0.15, 0.2) is 60.7 Å². The Labute approximate surface area is 150 Å². The molecule has 0 aliphatic heterocycles. The minimum absolute atomic E-state index is 0.674. The molecule has 0 atom stereocenters. The van der Waals surface area contributed by atoms with Gasteiger partial charge in [0.05, 0.1) is 0 Å². The summed E-state index contributed by atoms with van der Waals surface area (Å²) in [5.41, 5.74) is 0.815. The molecule has 0 saturated carbocycles. The number of aromatic nitrogens is 3. The topological polar surface area (TPSA) is 45.2 Å². The molecule has 0 saturated heterocycles. The van der Waals surface area contributed by atoms with Crippen LogP contribution in [0.5, 0.6) is 0 Å². The van der Waals surface area contributed by atoms with E-state index in [-0.39, 0.29) is 0 Å². The van der Waals surface area contributed by atoms with Crippen LogP contribution in [0.2, 0.25) is 0 Å². The fraction of sp³-hybridized carbons (Fsp3) is 0.211. The third-order valence-corrected chi connectivity index (χ3v) is 5.86. The third kappa shape index (κ3) is 3.94. The van der Waals surface area contributed by atoms with E-state index in [0.717, 1.165) is 5.57 Å². The number of anilines is 2. The van der Waals surface area contributed by atoms with Crippen LogP contribution in [0.1, 0.15) is 0 Å². The van der Waals surface area contributed by atoms with E-state index in [0.29, 0.717) is 11.9 Å². The SMILES string of the molecule is CN(C)c1nc(N(C)C)nc(P(c2ccccc2)c2ccccc2)n1. The van der Waals surface area contributed by atoms with Gasteiger partial charge in [0.2, 0.25) is 11.9 Å². The van der Waals surface area contributed by atoms with Gasteiger partial charge in [0, 0.05) is 36.1 Å². The van der Waals surface area contributed by atoms with E-state index >= 15 is 0 Å². The highest BCUT2D eigenvalue weighted by Gasteiger charge is 2.22. The summed E-state index contributed by atoms with van der Waals surface area (Å²) < 4.78 is 0. The first kappa shape index (κ1) is 17.3. The van der Waals surface area contributed by atoms with Crippen molar-refractivity contribution in [3.8, 4) is 0 Å². The molecular formula is C19H22N5P. The summed E-state index contributed by atoms with van der Waals surface area (Å²) in [4.78, 5) is 17.9. The number of nitrogens with zero attached hydrogens (tertiary/aromatic N) is 5. The molecule has 1 heterocycles. The summed E-state index contributed by atoms with van der Waals surface area (Å²) in [6.45, 7) is 0. The zero-order valence-electron chi connectivity index (χ0n) is 15.0. The number of benzene rings is 2. The molecule has 128 valence electrons. The van der Waals surface area contributed by atoms with Gasteiger partial charge in [0.15, 0.2) is 5.57 Å². The Bertz CT molecular complexity index is 756. The van der Waals surface area contributed by atoms with Crippen molar-refractivity contribution < 1.29 is 0 Å². The fourth-order valence-corrected chi connectivity index (χ4v) is 4.46. The number of rotatable bonds is 5. The highest BCUT2D eigenvalue weighted by atomic mass is 31.1. The van der Waals surface area contributed by atoms with Crippen molar-refractivity contribution in [1.29, 1.82) is 0 Å². The van der Waals surface area contributed by atoms with Gasteiger partial charge in [-0.05, 0) is 10.6 Å². The lowest BCUT2D eigenvalue weighted by molar-refractivity contribution is 0.933. The molecule has 0 aliphatic rings. The molecule has 3 aromatic rings. The molecule has 0 unspecified atom stereocenters. The molecule has 0 radical (unpaired) electrons. The monoisotopic (exact) mass is 351 g/mol. The molecule has 0 bridgehead atoms. The van der Waals surface area contributed by atoms with Crippen molar-refractivity contribution in [3.63, 3.8) is 0 Å². The van der Waals surface area contributed by atoms with Gasteiger partial charge in [0.1, 0.15) is 0 Å². The van der Waals surface area contributed by atoms with Crippen LogP contribution < -0.4 is 26.0 Å². The maximum atomic E-state index is 4.77. The van der Waals surface area contributed by atoms with Gasteiger partial charge in [-0.1, -0.05) is 60.7 Å². The molecular weight excluding hydrogens is 329 g/mol. The highest BCUT2D eigenvalue weighted by Crippen LogP contribution is 2.31. The summed E-state index contributed by atoms with van der Waals surface area (Å²) in [6, 6.07) is 20.9. The Hall–Kier alpha value is -2.52. The Kier molecular flexibility index (Phi) is 5.25. The summed E-state index contributed by atoms with van der Waals surface area (Å²) in [5, 5.41) is 2.45. The third-order valence-electron chi connectivity index (χ3n) is 3.63. The van der Waals surface area contributed by atoms with E-state index in [4.69, 9.17) is 9.97 Å². The van der Waals surface area contributed by atoms with Crippen molar-refractivity contribution in [3.05, 3.63) is 60.7 Å². The molecule has 0 aliphatic carbocycles. The van der Waals surface area contributed by atoms with Crippen LogP contribution >= 0.6 is 7.92 Å². The second-order valence-corrected chi connectivity index (χ2v) is 8.13. The second-order valence-electron chi connectivity index (χ2n) is 6.03. The Balaban J connectivity index is 2.20. The summed E-state index contributed by atoms with van der Waals surface area (Å²) >= 11 is 0. The maximum absolute atomic E-state index is 4.77. The number of hydrogen-bond donors (Lipinski definition) is 0. The summed E-state index contributed by atoms with van der Waals surface area (Å²) in [6.07, 6.45) is 0. The molecule has 0 fully saturated rings. The van der Waals surface area contributed by atoms with E-state index in [1.165, 1.54) is 10.6 Å². The van der Waals surface area contributed by atoms with Crippen molar-refractivity contribution in [2.24, 2.45) is 0 Å². The molecule has 25 heavy (non-hydrogen) atoms. The van der Waals surface area contributed by atoms with Crippen molar-refractivity contribution in [2.75, 3.05) is 38.0 Å². The lowest BCUT2D eigenvalue weighted by Gasteiger charge is -2.21. The Morgan fingerprint density at radius 2 is 1.00 bits per heavy atom. The normalized spacial score (nSPS) is 10.8. The largest absolute Gasteiger partial charge is 0.347 e. The first-order valence-electron chi connectivity index (χ1n) is 8.07. The van der Waals surface area contributed by atoms with Gasteiger partial charge in [-0.15, -0.1) is 0 Å². The molecule has 3 rings (SSSR count). The van der Waals surface area contributed by atoms with Crippen LogP contribution in [0.4, 0.5) is 11.9 Å². The first-order chi connectivity index (χ1) is 12.1. The lowest BCUT2D eigenvalue weighted by Crippen LogP contribution is -2.30. The van der Waals surface area contributed by atoms with Crippen molar-refractivity contribution >= 4 is 36.0 Å². The van der Waals surface area contributed by atoms with Crippen LogP contribution in [0, 0.1) is 0 Å². The van der Waals surface area contributed by atoms with Crippen LogP contribution in [0.3, 0.4) is 0 Å². The van der Waals surface area contributed by atoms with Gasteiger partial charge in [0.25, 0.3) is 0 Å². The van der Waals surface area contributed by atoms with E-state index in [1.54, 1.807) is 0 Å². The molecule has 6 heteroatoms. The summed E-state index contributed by atoms with van der Waals surface area (Å²) in [7, 11) is 6.96. The van der Waals surface area contributed by atoms with Gasteiger partial charge in [-0.3, -0.25) is 0 Å². The standard InChI is InChI=1S/C19H22N5P/c1-23(2)17-20-18(24(3)4)22-19(21-17)25(15-11-7-5-8-12-15)16-13-9-6-10-14-16/h5-14H,1-4H3. The zero-order valence-corrected chi connectivity index (χ0v) is 15.9. The molecule has 1 aromatic heterocycles. The zero-order chi connectivity index (χ0) is 17.8. The molecule has 2 aromatic carbocycles. The van der Waals surface area contributed by atoms with E-state index in [2.05, 4.69) is 53.5 Å². The average Bonchev–Trinajstić information content (AvgIpc) is 2.63. The smallest absolute Gasteiger partial charge is 0.230 e. The predicted octanol–water partition coefficient (Wildman–Crippen LogP) is 1.76. The quantitative estimate of drug-likeness (QED) is 0.656. The average molecular weight is 351 g/mol. The van der Waals surface area contributed by atoms with Crippen LogP contribution in [-0.2, 0) is 0 Å². The first-order valence-corrected chi connectivity index (χ1v) is 9.41. The van der Waals surface area contributed by atoms with Crippen molar-refractivity contribution in [1.82, 2.24) is 15.0 Å². The van der Waals surface area contributed by atoms with Crippen LogP contribution in [0.25, 0.3) is 0 Å². The predicted molar refractivity (Wildman–Crippen MR) is 107 cm³/mol. The Morgan fingerprint density at radius 3 is 1.36 bits per heavy atom. The van der Waals surface area contributed by atoms with Gasteiger partial charge in [-0.25, -0.2) is 0 Å². The highest BCUT2D eigenvalue weighted by molar-refractivity contribution is 7.79. The van der Waals surface area contributed by atoms with E-state index < -0.39 is 7.92 Å². The second kappa shape index (κ2) is 7.58. The molecule has 5 nitrogen and oxygen atoms in total. The molecule has 0 amide bonds. The lowest BCUT2D eigenvalue weighted by atomic mass is 10.4. The van der Waals surface area contributed by atoms with E-state index in [9.17, 15) is 0 Å². The van der Waals surface area contributed by atoms with Gasteiger partial charge < -0.3 is 9.80 Å². The minimum Gasteiger partial charge on any atom is -0.347 e. The molecule has 0 N–H and O–H groups in total. The van der Waals surface area contributed by atoms with Crippen LogP contribution in [-0.4, -0.2) is 43.1 Å². The molecule has 0 spiro atoms. The van der Waals surface area contributed by atoms with E-state index in [1.807, 2.05) is 50.1 Å². The van der Waals surface area contributed by atoms with Gasteiger partial charge in [-0.2, -0.15) is 15.0 Å². The van der Waals surface area contributed by atoms with Gasteiger partial charge >= 0.3 is 0 Å². The fourth-order valence-electron chi connectivity index (χ4n) is 2.38. The maximum Gasteiger partial charge on any atom is 0.230 e.